The highest BCUT2D eigenvalue weighted by atomic mass is 16.7. The summed E-state index contributed by atoms with van der Waals surface area (Å²) in [6.07, 6.45) is 10.6. The van der Waals surface area contributed by atoms with Gasteiger partial charge in [-0.15, -0.1) is 0 Å². The van der Waals surface area contributed by atoms with Gasteiger partial charge in [-0.2, -0.15) is 0 Å². The maximum absolute atomic E-state index is 11.2. The van der Waals surface area contributed by atoms with Crippen molar-refractivity contribution in [3.05, 3.63) is 60.2 Å². The minimum absolute atomic E-state index is 0.00927. The molecule has 0 amide bonds. The van der Waals surface area contributed by atoms with Crippen LogP contribution in [0.5, 0.6) is 0 Å². The summed E-state index contributed by atoms with van der Waals surface area (Å²) < 4.78 is 15.9. The van der Waals surface area contributed by atoms with Crippen LogP contribution in [0.25, 0.3) is 0 Å². The van der Waals surface area contributed by atoms with Gasteiger partial charge in [-0.25, -0.2) is 4.79 Å². The minimum Gasteiger partial charge on any atom is -0.459 e. The van der Waals surface area contributed by atoms with Gasteiger partial charge in [0.15, 0.2) is 0 Å². The van der Waals surface area contributed by atoms with E-state index in [2.05, 4.69) is 12.1 Å². The number of esters is 1. The molecule has 2 rings (SSSR count). The monoisotopic (exact) mass is 316 g/mol. The molecule has 0 fully saturated rings. The molecule has 1 heterocycles. The molecule has 0 saturated heterocycles. The number of benzene rings is 1. The van der Waals surface area contributed by atoms with Gasteiger partial charge < -0.3 is 14.2 Å². The summed E-state index contributed by atoms with van der Waals surface area (Å²) in [5.41, 5.74) is 1.29. The largest absolute Gasteiger partial charge is 0.459 e. The molecule has 2 atom stereocenters. The molecule has 23 heavy (non-hydrogen) atoms. The van der Waals surface area contributed by atoms with E-state index in [0.717, 1.165) is 19.3 Å². The average Bonchev–Trinajstić information content (AvgIpc) is 2.58. The van der Waals surface area contributed by atoms with E-state index in [9.17, 15) is 4.79 Å². The predicted molar refractivity (Wildman–Crippen MR) is 88.9 cm³/mol. The van der Waals surface area contributed by atoms with Crippen molar-refractivity contribution in [3.8, 4) is 0 Å². The SMILES string of the molecule is COCOC(/C=C/C[C@@H]1CC=CC(=O)O1)CCc1ccccc1. The molecule has 0 bridgehead atoms. The van der Waals surface area contributed by atoms with Gasteiger partial charge in [0.05, 0.1) is 6.10 Å². The first-order chi connectivity index (χ1) is 11.3. The van der Waals surface area contributed by atoms with E-state index in [0.29, 0.717) is 6.42 Å². The fraction of sp³-hybridized carbons (Fsp3) is 0.421. The molecule has 0 saturated carbocycles. The lowest BCUT2D eigenvalue weighted by molar-refractivity contribution is -0.143. The number of rotatable bonds is 9. The van der Waals surface area contributed by atoms with Crippen molar-refractivity contribution in [3.63, 3.8) is 0 Å². The lowest BCUT2D eigenvalue weighted by atomic mass is 10.1. The Morgan fingerprint density at radius 2 is 2.17 bits per heavy atom. The van der Waals surface area contributed by atoms with E-state index in [4.69, 9.17) is 14.2 Å². The van der Waals surface area contributed by atoms with Crippen LogP contribution in [0.1, 0.15) is 24.8 Å². The van der Waals surface area contributed by atoms with Crippen LogP contribution in [0.4, 0.5) is 0 Å². The smallest absolute Gasteiger partial charge is 0.330 e. The molecule has 1 aliphatic heterocycles. The van der Waals surface area contributed by atoms with Crippen LogP contribution in [0.2, 0.25) is 0 Å². The maximum atomic E-state index is 11.2. The number of aryl methyl sites for hydroxylation is 1. The summed E-state index contributed by atoms with van der Waals surface area (Å²) in [4.78, 5) is 11.2. The third-order valence-corrected chi connectivity index (χ3v) is 3.65. The van der Waals surface area contributed by atoms with E-state index in [1.54, 1.807) is 7.11 Å². The summed E-state index contributed by atoms with van der Waals surface area (Å²) in [6, 6.07) is 10.3. The van der Waals surface area contributed by atoms with Gasteiger partial charge >= 0.3 is 5.97 Å². The first-order valence-electron chi connectivity index (χ1n) is 7.96. The summed E-state index contributed by atoms with van der Waals surface area (Å²) in [7, 11) is 1.62. The number of ether oxygens (including phenoxy) is 3. The summed E-state index contributed by atoms with van der Waals surface area (Å²) >= 11 is 0. The molecule has 1 aromatic rings. The van der Waals surface area contributed by atoms with Crippen LogP contribution in [0, 0.1) is 0 Å². The third-order valence-electron chi connectivity index (χ3n) is 3.65. The zero-order valence-electron chi connectivity index (χ0n) is 13.5. The fourth-order valence-electron chi connectivity index (χ4n) is 2.44. The van der Waals surface area contributed by atoms with Crippen molar-refractivity contribution < 1.29 is 19.0 Å². The molecule has 0 N–H and O–H groups in total. The van der Waals surface area contributed by atoms with Crippen LogP contribution < -0.4 is 0 Å². The molecular formula is C19H24O4. The van der Waals surface area contributed by atoms with Crippen LogP contribution in [0.15, 0.2) is 54.6 Å². The quantitative estimate of drug-likeness (QED) is 0.398. The van der Waals surface area contributed by atoms with E-state index >= 15 is 0 Å². The summed E-state index contributed by atoms with van der Waals surface area (Å²) in [6.45, 7) is 0.269. The predicted octanol–water partition coefficient (Wildman–Crippen LogP) is 3.43. The van der Waals surface area contributed by atoms with Crippen molar-refractivity contribution >= 4 is 5.97 Å². The van der Waals surface area contributed by atoms with Crippen molar-refractivity contribution in [2.75, 3.05) is 13.9 Å². The lowest BCUT2D eigenvalue weighted by Crippen LogP contribution is -2.19. The van der Waals surface area contributed by atoms with E-state index in [1.807, 2.05) is 36.4 Å². The molecule has 0 spiro atoms. The molecule has 4 nitrogen and oxygen atoms in total. The van der Waals surface area contributed by atoms with Crippen LogP contribution in [-0.2, 0) is 25.4 Å². The van der Waals surface area contributed by atoms with Crippen molar-refractivity contribution in [1.29, 1.82) is 0 Å². The molecular weight excluding hydrogens is 292 g/mol. The van der Waals surface area contributed by atoms with Crippen molar-refractivity contribution in [2.45, 2.75) is 37.9 Å². The summed E-state index contributed by atoms with van der Waals surface area (Å²) in [5, 5.41) is 0. The Balaban J connectivity index is 1.81. The lowest BCUT2D eigenvalue weighted by Gasteiger charge is -2.17. The Hall–Kier alpha value is -1.91. The first-order valence-corrected chi connectivity index (χ1v) is 7.96. The van der Waals surface area contributed by atoms with Gasteiger partial charge in [0.2, 0.25) is 0 Å². The normalized spacial score (nSPS) is 19.0. The van der Waals surface area contributed by atoms with Gasteiger partial charge in [0, 0.05) is 26.0 Å². The molecule has 1 unspecified atom stereocenters. The molecule has 1 aromatic carbocycles. The molecule has 1 aliphatic rings. The van der Waals surface area contributed by atoms with E-state index in [-0.39, 0.29) is 25.0 Å². The van der Waals surface area contributed by atoms with Gasteiger partial charge in [-0.05, 0) is 18.4 Å². The average molecular weight is 316 g/mol. The minimum atomic E-state index is -0.258. The van der Waals surface area contributed by atoms with Crippen LogP contribution in [0.3, 0.4) is 0 Å². The topological polar surface area (TPSA) is 44.8 Å². The fourth-order valence-corrected chi connectivity index (χ4v) is 2.44. The number of carbonyl (C=O) groups is 1. The van der Waals surface area contributed by atoms with Gasteiger partial charge in [-0.1, -0.05) is 48.6 Å². The van der Waals surface area contributed by atoms with Crippen molar-refractivity contribution in [1.82, 2.24) is 0 Å². The standard InChI is InChI=1S/C19H24O4/c1-21-15-22-17(14-13-16-7-3-2-4-8-16)9-5-10-18-11-6-12-19(20)23-18/h2-9,12,17-18H,10-11,13-15H2,1H3/b9-5+/t17?,18-/m1/s1. The number of hydrogen-bond acceptors (Lipinski definition) is 4. The van der Waals surface area contributed by atoms with Crippen LogP contribution in [-0.4, -0.2) is 32.1 Å². The number of cyclic esters (lactones) is 1. The van der Waals surface area contributed by atoms with Gasteiger partial charge in [0.25, 0.3) is 0 Å². The molecule has 0 radical (unpaired) electrons. The maximum Gasteiger partial charge on any atom is 0.330 e. The second kappa shape index (κ2) is 9.98. The van der Waals surface area contributed by atoms with E-state index in [1.165, 1.54) is 11.6 Å². The van der Waals surface area contributed by atoms with Crippen LogP contribution >= 0.6 is 0 Å². The number of methoxy groups -OCH3 is 1. The van der Waals surface area contributed by atoms with E-state index < -0.39 is 0 Å². The molecule has 0 aliphatic carbocycles. The Bertz CT molecular complexity index is 521. The van der Waals surface area contributed by atoms with Crippen molar-refractivity contribution in [2.24, 2.45) is 0 Å². The van der Waals surface area contributed by atoms with Gasteiger partial charge in [-0.3, -0.25) is 0 Å². The Kier molecular flexibility index (Phi) is 7.57. The zero-order valence-corrected chi connectivity index (χ0v) is 13.5. The summed E-state index contributed by atoms with van der Waals surface area (Å²) in [5.74, 6) is -0.258. The Morgan fingerprint density at radius 3 is 2.91 bits per heavy atom. The highest BCUT2D eigenvalue weighted by Gasteiger charge is 2.14. The third kappa shape index (κ3) is 6.80. The van der Waals surface area contributed by atoms with Gasteiger partial charge in [0.1, 0.15) is 12.9 Å². The number of carbonyl (C=O) groups excluding carboxylic acids is 1. The molecule has 124 valence electrons. The molecule has 4 heteroatoms. The zero-order chi connectivity index (χ0) is 16.3. The number of hydrogen-bond donors (Lipinski definition) is 0. The second-order valence-electron chi connectivity index (χ2n) is 5.50. The highest BCUT2D eigenvalue weighted by molar-refractivity contribution is 5.82. The second-order valence-corrected chi connectivity index (χ2v) is 5.50. The Labute approximate surface area is 137 Å². The molecule has 0 aromatic heterocycles. The Morgan fingerprint density at radius 1 is 1.35 bits per heavy atom. The highest BCUT2D eigenvalue weighted by Crippen LogP contribution is 2.14. The first kappa shape index (κ1) is 17.4.